The largest absolute Gasteiger partial charge is 0.481 e. The van der Waals surface area contributed by atoms with Crippen molar-refractivity contribution in [1.29, 1.82) is 0 Å². The summed E-state index contributed by atoms with van der Waals surface area (Å²) in [5.41, 5.74) is 0.789. The first-order valence-electron chi connectivity index (χ1n) is 6.46. The van der Waals surface area contributed by atoms with Gasteiger partial charge in [0.25, 0.3) is 0 Å². The molecule has 0 spiro atoms. The molecular formula is C14H18N2O3. The molecule has 1 aliphatic rings. The van der Waals surface area contributed by atoms with E-state index in [1.807, 2.05) is 19.9 Å². The summed E-state index contributed by atoms with van der Waals surface area (Å²) in [4.78, 5) is 29.3. The first-order valence-corrected chi connectivity index (χ1v) is 6.46. The number of amides is 1. The molecule has 5 heteroatoms. The number of hydrogen-bond donors (Lipinski definition) is 1. The van der Waals surface area contributed by atoms with E-state index in [1.165, 1.54) is 0 Å². The van der Waals surface area contributed by atoms with Crippen LogP contribution in [-0.2, 0) is 9.59 Å². The molecule has 0 bridgehead atoms. The van der Waals surface area contributed by atoms with Crippen molar-refractivity contribution in [2.45, 2.75) is 38.8 Å². The lowest BCUT2D eigenvalue weighted by Crippen LogP contribution is -2.48. The third-order valence-corrected chi connectivity index (χ3v) is 3.54. The van der Waals surface area contributed by atoms with Gasteiger partial charge in [-0.25, -0.2) is 0 Å². The fourth-order valence-corrected chi connectivity index (χ4v) is 2.73. The van der Waals surface area contributed by atoms with Gasteiger partial charge < -0.3 is 10.0 Å². The Morgan fingerprint density at radius 2 is 2.26 bits per heavy atom. The lowest BCUT2D eigenvalue weighted by molar-refractivity contribution is -0.153. The SMILES string of the molecule is CC(C)N1C(=O)CCC(C(=O)O)C1c1cccnc1. The molecule has 1 saturated heterocycles. The number of aliphatic carboxylic acids is 1. The van der Waals surface area contributed by atoms with E-state index in [1.54, 1.807) is 23.4 Å². The highest BCUT2D eigenvalue weighted by Crippen LogP contribution is 2.37. The molecule has 1 aliphatic heterocycles. The molecule has 0 radical (unpaired) electrons. The van der Waals surface area contributed by atoms with Crippen LogP contribution in [0.2, 0.25) is 0 Å². The van der Waals surface area contributed by atoms with E-state index in [9.17, 15) is 14.7 Å². The number of carbonyl (C=O) groups excluding carboxylic acids is 1. The smallest absolute Gasteiger partial charge is 0.308 e. The molecule has 0 aromatic carbocycles. The maximum absolute atomic E-state index is 12.1. The zero-order valence-corrected chi connectivity index (χ0v) is 11.1. The summed E-state index contributed by atoms with van der Waals surface area (Å²) in [5.74, 6) is -1.40. The molecule has 2 rings (SSSR count). The molecular weight excluding hydrogens is 244 g/mol. The lowest BCUT2D eigenvalue weighted by atomic mass is 9.84. The molecule has 0 aliphatic carbocycles. The van der Waals surface area contributed by atoms with Gasteiger partial charge in [-0.1, -0.05) is 6.07 Å². The Kier molecular flexibility index (Phi) is 3.83. The van der Waals surface area contributed by atoms with Crippen molar-refractivity contribution in [3.63, 3.8) is 0 Å². The zero-order chi connectivity index (χ0) is 14.0. The van der Waals surface area contributed by atoms with Gasteiger partial charge in [0, 0.05) is 24.9 Å². The summed E-state index contributed by atoms with van der Waals surface area (Å²) in [6.45, 7) is 3.82. The van der Waals surface area contributed by atoms with Crippen molar-refractivity contribution in [3.8, 4) is 0 Å². The summed E-state index contributed by atoms with van der Waals surface area (Å²) in [6.07, 6.45) is 3.97. The average Bonchev–Trinajstić information content (AvgIpc) is 2.38. The number of carboxylic acid groups (broad SMARTS) is 1. The quantitative estimate of drug-likeness (QED) is 0.902. The van der Waals surface area contributed by atoms with E-state index in [2.05, 4.69) is 4.98 Å². The normalized spacial score (nSPS) is 23.7. The highest BCUT2D eigenvalue weighted by atomic mass is 16.4. The maximum atomic E-state index is 12.1. The van der Waals surface area contributed by atoms with Crippen LogP contribution in [-0.4, -0.2) is 32.9 Å². The molecule has 0 saturated carbocycles. The van der Waals surface area contributed by atoms with Crippen molar-refractivity contribution in [2.75, 3.05) is 0 Å². The van der Waals surface area contributed by atoms with Crippen molar-refractivity contribution in [1.82, 2.24) is 9.88 Å². The molecule has 1 amide bonds. The second-order valence-electron chi connectivity index (χ2n) is 5.11. The molecule has 1 fully saturated rings. The van der Waals surface area contributed by atoms with Crippen LogP contribution in [0, 0.1) is 5.92 Å². The van der Waals surface area contributed by atoms with Gasteiger partial charge in [0.15, 0.2) is 0 Å². The molecule has 2 atom stereocenters. The Balaban J connectivity index is 2.44. The Labute approximate surface area is 112 Å². The van der Waals surface area contributed by atoms with Crippen molar-refractivity contribution in [3.05, 3.63) is 30.1 Å². The number of carboxylic acids is 1. The van der Waals surface area contributed by atoms with Crippen LogP contribution in [0.15, 0.2) is 24.5 Å². The maximum Gasteiger partial charge on any atom is 0.308 e. The van der Waals surface area contributed by atoms with Crippen molar-refractivity contribution in [2.24, 2.45) is 5.92 Å². The summed E-state index contributed by atoms with van der Waals surface area (Å²) in [6, 6.07) is 3.15. The van der Waals surface area contributed by atoms with Crippen LogP contribution < -0.4 is 0 Å². The van der Waals surface area contributed by atoms with Gasteiger partial charge in [-0.3, -0.25) is 14.6 Å². The number of carbonyl (C=O) groups is 2. The minimum atomic E-state index is -0.855. The van der Waals surface area contributed by atoms with Gasteiger partial charge >= 0.3 is 5.97 Å². The molecule has 1 aromatic heterocycles. The van der Waals surface area contributed by atoms with Gasteiger partial charge in [0.2, 0.25) is 5.91 Å². The summed E-state index contributed by atoms with van der Waals surface area (Å²) in [7, 11) is 0. The fourth-order valence-electron chi connectivity index (χ4n) is 2.73. The number of nitrogens with zero attached hydrogens (tertiary/aromatic N) is 2. The van der Waals surface area contributed by atoms with Crippen LogP contribution in [0.1, 0.15) is 38.3 Å². The second-order valence-corrected chi connectivity index (χ2v) is 5.11. The highest BCUT2D eigenvalue weighted by Gasteiger charge is 2.41. The topological polar surface area (TPSA) is 70.5 Å². The molecule has 5 nitrogen and oxygen atoms in total. The zero-order valence-electron chi connectivity index (χ0n) is 11.1. The molecule has 1 aromatic rings. The van der Waals surface area contributed by atoms with Crippen LogP contribution in [0.4, 0.5) is 0 Å². The van der Waals surface area contributed by atoms with E-state index in [4.69, 9.17) is 0 Å². The first kappa shape index (κ1) is 13.5. The Morgan fingerprint density at radius 1 is 1.53 bits per heavy atom. The van der Waals surface area contributed by atoms with Crippen LogP contribution >= 0.6 is 0 Å². The second kappa shape index (κ2) is 5.38. The predicted molar refractivity (Wildman–Crippen MR) is 69.3 cm³/mol. The van der Waals surface area contributed by atoms with Crippen LogP contribution in [0.3, 0.4) is 0 Å². The van der Waals surface area contributed by atoms with Crippen molar-refractivity contribution < 1.29 is 14.7 Å². The third kappa shape index (κ3) is 2.59. The van der Waals surface area contributed by atoms with Gasteiger partial charge in [-0.05, 0) is 31.9 Å². The Hall–Kier alpha value is -1.91. The third-order valence-electron chi connectivity index (χ3n) is 3.54. The van der Waals surface area contributed by atoms with Gasteiger partial charge in [0.05, 0.1) is 12.0 Å². The van der Waals surface area contributed by atoms with Crippen LogP contribution in [0.5, 0.6) is 0 Å². The fraction of sp³-hybridized carbons (Fsp3) is 0.500. The number of likely N-dealkylation sites (tertiary alicyclic amines) is 1. The highest BCUT2D eigenvalue weighted by molar-refractivity contribution is 5.82. The van der Waals surface area contributed by atoms with Gasteiger partial charge in [-0.15, -0.1) is 0 Å². The van der Waals surface area contributed by atoms with E-state index < -0.39 is 17.9 Å². The number of rotatable bonds is 3. The van der Waals surface area contributed by atoms with E-state index >= 15 is 0 Å². The lowest BCUT2D eigenvalue weighted by Gasteiger charge is -2.42. The first-order chi connectivity index (χ1) is 9.02. The summed E-state index contributed by atoms with van der Waals surface area (Å²) >= 11 is 0. The van der Waals surface area contributed by atoms with Gasteiger partial charge in [0.1, 0.15) is 0 Å². The standard InChI is InChI=1S/C14H18N2O3/c1-9(2)16-12(17)6-5-11(14(18)19)13(16)10-4-3-7-15-8-10/h3-4,7-9,11,13H,5-6H2,1-2H3,(H,18,19). The molecule has 2 heterocycles. The van der Waals surface area contributed by atoms with Crippen molar-refractivity contribution >= 4 is 11.9 Å². The Morgan fingerprint density at radius 3 is 2.79 bits per heavy atom. The Bertz CT molecular complexity index is 473. The number of pyridine rings is 1. The predicted octanol–water partition coefficient (Wildman–Crippen LogP) is 1.85. The minimum absolute atomic E-state index is 0.0151. The molecule has 102 valence electrons. The molecule has 2 unspecified atom stereocenters. The average molecular weight is 262 g/mol. The number of piperidine rings is 1. The summed E-state index contributed by atoms with van der Waals surface area (Å²) < 4.78 is 0. The van der Waals surface area contributed by atoms with Gasteiger partial charge in [-0.2, -0.15) is 0 Å². The van der Waals surface area contributed by atoms with E-state index in [0.717, 1.165) is 5.56 Å². The summed E-state index contributed by atoms with van der Waals surface area (Å²) in [5, 5.41) is 9.40. The number of hydrogen-bond acceptors (Lipinski definition) is 3. The molecule has 19 heavy (non-hydrogen) atoms. The number of aromatic nitrogens is 1. The minimum Gasteiger partial charge on any atom is -0.481 e. The monoisotopic (exact) mass is 262 g/mol. The van der Waals surface area contributed by atoms with E-state index in [-0.39, 0.29) is 11.9 Å². The van der Waals surface area contributed by atoms with E-state index in [0.29, 0.717) is 12.8 Å². The van der Waals surface area contributed by atoms with Crippen LogP contribution in [0.25, 0.3) is 0 Å². The molecule has 1 N–H and O–H groups in total.